The lowest BCUT2D eigenvalue weighted by Gasteiger charge is -2.51. The average Bonchev–Trinajstić information content (AvgIpc) is 2.57. The van der Waals surface area contributed by atoms with Crippen molar-refractivity contribution in [2.75, 3.05) is 6.61 Å². The summed E-state index contributed by atoms with van der Waals surface area (Å²) in [5.74, 6) is 1.58. The summed E-state index contributed by atoms with van der Waals surface area (Å²) < 4.78 is 11.7. The van der Waals surface area contributed by atoms with Crippen molar-refractivity contribution in [2.45, 2.75) is 84.0 Å². The third kappa shape index (κ3) is 3.98. The molecule has 4 heteroatoms. The minimum atomic E-state index is -0.820. The molecule has 0 radical (unpaired) electrons. The molecule has 1 aliphatic heterocycles. The molecule has 1 aromatic carbocycles. The van der Waals surface area contributed by atoms with Crippen LogP contribution in [0.3, 0.4) is 0 Å². The molecule has 1 aliphatic carbocycles. The molecular weight excluding hydrogens is 329 g/mol. The van der Waals surface area contributed by atoms with Crippen LogP contribution in [0.2, 0.25) is 0 Å². The largest absolute Gasteiger partial charge is 0.484 e. The normalized spacial score (nSPS) is 30.2. The minimum Gasteiger partial charge on any atom is -0.484 e. The van der Waals surface area contributed by atoms with Crippen LogP contribution in [-0.4, -0.2) is 12.1 Å². The molecule has 1 saturated carbocycles. The van der Waals surface area contributed by atoms with Crippen LogP contribution in [0.1, 0.15) is 78.7 Å². The Morgan fingerprint density at radius 1 is 1.12 bits per heavy atom. The number of nitrogens with two attached hydrogens (primary N) is 1. The fourth-order valence-corrected chi connectivity index (χ4v) is 4.78. The first-order valence-corrected chi connectivity index (χ1v) is 10.4. The van der Waals surface area contributed by atoms with Crippen molar-refractivity contribution in [1.82, 2.24) is 0 Å². The highest BCUT2D eigenvalue weighted by molar-refractivity contribution is 7.18. The van der Waals surface area contributed by atoms with Crippen molar-refractivity contribution in [2.24, 2.45) is 11.1 Å². The lowest BCUT2D eigenvalue weighted by molar-refractivity contribution is 0.0645. The minimum absolute atomic E-state index is 0.233. The zero-order valence-electron chi connectivity index (χ0n) is 16.7. The molecule has 1 heterocycles. The standard InChI is InChI=1S/C19H30NO2P.C2H6/c1-4-9-18(11-6-5-10-17(18,2)3)14-7-8-15-16(12-14)21-13-19(20,23)22-15;1-2/h7-8,12H,4-6,9-11,13,20,23H2,1-3H3;1-2H3/t18-,19?;/m1./s1. The Kier molecular flexibility index (Phi) is 6.44. The maximum Gasteiger partial charge on any atom is 0.205 e. The molecule has 25 heavy (non-hydrogen) atoms. The van der Waals surface area contributed by atoms with Crippen LogP contribution in [0.15, 0.2) is 18.2 Å². The van der Waals surface area contributed by atoms with E-state index in [0.717, 1.165) is 11.5 Å². The Labute approximate surface area is 156 Å². The molecule has 2 aliphatic rings. The topological polar surface area (TPSA) is 44.5 Å². The Bertz CT molecular complexity index is 581. The van der Waals surface area contributed by atoms with E-state index in [1.165, 1.54) is 44.1 Å². The van der Waals surface area contributed by atoms with Crippen molar-refractivity contribution in [3.05, 3.63) is 23.8 Å². The maximum atomic E-state index is 6.01. The summed E-state index contributed by atoms with van der Waals surface area (Å²) in [6, 6.07) is 6.48. The molecule has 0 saturated heterocycles. The maximum absolute atomic E-state index is 6.01. The van der Waals surface area contributed by atoms with E-state index in [1.807, 2.05) is 19.9 Å². The van der Waals surface area contributed by atoms with Gasteiger partial charge in [-0.2, -0.15) is 0 Å². The van der Waals surface area contributed by atoms with Gasteiger partial charge in [-0.05, 0) is 42.4 Å². The fourth-order valence-electron chi connectivity index (χ4n) is 4.57. The Morgan fingerprint density at radius 2 is 1.80 bits per heavy atom. The summed E-state index contributed by atoms with van der Waals surface area (Å²) in [7, 11) is 2.52. The number of hydrogen-bond acceptors (Lipinski definition) is 3. The second-order valence-electron chi connectivity index (χ2n) is 7.93. The molecule has 3 atom stereocenters. The second-order valence-corrected chi connectivity index (χ2v) is 8.91. The van der Waals surface area contributed by atoms with Crippen molar-refractivity contribution in [1.29, 1.82) is 0 Å². The molecule has 1 aromatic rings. The summed E-state index contributed by atoms with van der Waals surface area (Å²) in [5.41, 5.74) is 7.13. The van der Waals surface area contributed by atoms with Crippen molar-refractivity contribution in [3.63, 3.8) is 0 Å². The van der Waals surface area contributed by atoms with E-state index in [-0.39, 0.29) is 5.41 Å². The van der Waals surface area contributed by atoms with E-state index >= 15 is 0 Å². The number of rotatable bonds is 3. The molecule has 142 valence electrons. The van der Waals surface area contributed by atoms with Crippen molar-refractivity contribution < 1.29 is 9.47 Å². The number of benzene rings is 1. The van der Waals surface area contributed by atoms with E-state index in [0.29, 0.717) is 12.0 Å². The monoisotopic (exact) mass is 365 g/mol. The molecule has 0 aromatic heterocycles. The van der Waals surface area contributed by atoms with Gasteiger partial charge in [0, 0.05) is 5.41 Å². The van der Waals surface area contributed by atoms with Gasteiger partial charge in [-0.15, -0.1) is 0 Å². The highest BCUT2D eigenvalue weighted by atomic mass is 31.0. The van der Waals surface area contributed by atoms with Gasteiger partial charge in [0.15, 0.2) is 11.5 Å². The predicted molar refractivity (Wildman–Crippen MR) is 109 cm³/mol. The summed E-state index contributed by atoms with van der Waals surface area (Å²) in [5, 5.41) is 0. The smallest absolute Gasteiger partial charge is 0.205 e. The first kappa shape index (κ1) is 20.5. The third-order valence-electron chi connectivity index (χ3n) is 5.88. The molecule has 0 bridgehead atoms. The van der Waals surface area contributed by atoms with Crippen molar-refractivity contribution >= 4 is 9.24 Å². The van der Waals surface area contributed by atoms with Gasteiger partial charge in [0.2, 0.25) is 5.47 Å². The molecular formula is C21H36NO2P. The lowest BCUT2D eigenvalue weighted by Crippen LogP contribution is -2.47. The summed E-state index contributed by atoms with van der Waals surface area (Å²) in [6.07, 6.45) is 7.64. The van der Waals surface area contributed by atoms with Crippen LogP contribution < -0.4 is 15.2 Å². The Balaban J connectivity index is 0.00000109. The van der Waals surface area contributed by atoms with Gasteiger partial charge >= 0.3 is 0 Å². The van der Waals surface area contributed by atoms with Gasteiger partial charge in [-0.25, -0.2) is 0 Å². The highest BCUT2D eigenvalue weighted by Crippen LogP contribution is 2.55. The van der Waals surface area contributed by atoms with E-state index in [9.17, 15) is 0 Å². The molecule has 3 rings (SSSR count). The van der Waals surface area contributed by atoms with Gasteiger partial charge in [0.25, 0.3) is 0 Å². The van der Waals surface area contributed by atoms with Crippen LogP contribution in [0.4, 0.5) is 0 Å². The summed E-state index contributed by atoms with van der Waals surface area (Å²) in [4.78, 5) is 0. The second kappa shape index (κ2) is 7.84. The van der Waals surface area contributed by atoms with Crippen LogP contribution in [0.25, 0.3) is 0 Å². The molecule has 0 amide bonds. The van der Waals surface area contributed by atoms with Crippen LogP contribution in [-0.2, 0) is 5.41 Å². The molecule has 0 spiro atoms. The summed E-state index contributed by atoms with van der Waals surface area (Å²) in [6.45, 7) is 11.5. The average molecular weight is 365 g/mol. The first-order chi connectivity index (χ1) is 11.8. The van der Waals surface area contributed by atoms with Gasteiger partial charge < -0.3 is 9.47 Å². The van der Waals surface area contributed by atoms with Crippen molar-refractivity contribution in [3.8, 4) is 11.5 Å². The van der Waals surface area contributed by atoms with Gasteiger partial charge in [0.1, 0.15) is 6.61 Å². The number of fused-ring (bicyclic) bond motifs is 1. The zero-order valence-corrected chi connectivity index (χ0v) is 17.8. The zero-order chi connectivity index (χ0) is 18.7. The Morgan fingerprint density at radius 3 is 2.44 bits per heavy atom. The molecule has 3 nitrogen and oxygen atoms in total. The van der Waals surface area contributed by atoms with E-state index in [1.54, 1.807) is 0 Å². The van der Waals surface area contributed by atoms with E-state index < -0.39 is 5.47 Å². The number of ether oxygens (including phenoxy) is 2. The molecule has 1 fully saturated rings. The Hall–Kier alpha value is -0.790. The van der Waals surface area contributed by atoms with Gasteiger partial charge in [-0.3, -0.25) is 5.73 Å². The van der Waals surface area contributed by atoms with Crippen LogP contribution in [0.5, 0.6) is 11.5 Å². The van der Waals surface area contributed by atoms with E-state index in [2.05, 4.69) is 42.1 Å². The first-order valence-electron chi connectivity index (χ1n) is 9.84. The number of hydrogen-bond donors (Lipinski definition) is 1. The third-order valence-corrected chi connectivity index (χ3v) is 6.16. The van der Waals surface area contributed by atoms with Gasteiger partial charge in [0.05, 0.1) is 0 Å². The van der Waals surface area contributed by atoms with E-state index in [4.69, 9.17) is 15.2 Å². The summed E-state index contributed by atoms with van der Waals surface area (Å²) >= 11 is 0. The highest BCUT2D eigenvalue weighted by Gasteiger charge is 2.47. The SMILES string of the molecule is CC.CCC[C@]1(c2ccc3c(c2)OCC(N)(P)O3)CCCCC1(C)C. The predicted octanol–water partition coefficient (Wildman–Crippen LogP) is 5.61. The fraction of sp³-hybridized carbons (Fsp3) is 0.714. The molecule has 2 N–H and O–H groups in total. The lowest BCUT2D eigenvalue weighted by atomic mass is 9.53. The van der Waals surface area contributed by atoms with Crippen LogP contribution >= 0.6 is 9.24 Å². The van der Waals surface area contributed by atoms with Crippen LogP contribution in [0, 0.1) is 5.41 Å². The molecule has 2 unspecified atom stereocenters. The quantitative estimate of drug-likeness (QED) is 0.708. The van der Waals surface area contributed by atoms with Gasteiger partial charge in [-0.1, -0.05) is 69.2 Å².